The van der Waals surface area contributed by atoms with Crippen LogP contribution in [0.5, 0.6) is 0 Å². The summed E-state index contributed by atoms with van der Waals surface area (Å²) in [5.41, 5.74) is 1.25. The van der Waals surface area contributed by atoms with Gasteiger partial charge in [-0.3, -0.25) is 14.9 Å². The van der Waals surface area contributed by atoms with Crippen LogP contribution in [0, 0.1) is 0 Å². The van der Waals surface area contributed by atoms with Crippen LogP contribution in [0.1, 0.15) is 31.7 Å². The topological polar surface area (TPSA) is 78.4 Å². The van der Waals surface area contributed by atoms with Crippen molar-refractivity contribution in [2.75, 3.05) is 13.1 Å². The van der Waals surface area contributed by atoms with Gasteiger partial charge in [-0.25, -0.2) is 0 Å². The highest BCUT2D eigenvalue weighted by atomic mass is 16.4. The van der Waals surface area contributed by atoms with Gasteiger partial charge >= 0.3 is 5.97 Å². The molecule has 0 aliphatic heterocycles. The molecule has 1 rings (SSSR count). The van der Waals surface area contributed by atoms with Gasteiger partial charge in [0.05, 0.1) is 6.54 Å². The molecule has 0 aromatic heterocycles. The van der Waals surface area contributed by atoms with Gasteiger partial charge in [0.1, 0.15) is 6.04 Å². The summed E-state index contributed by atoms with van der Waals surface area (Å²) in [6.45, 7) is 2.56. The second kappa shape index (κ2) is 9.94. The summed E-state index contributed by atoms with van der Waals surface area (Å²) in [4.78, 5) is 22.5. The van der Waals surface area contributed by atoms with Gasteiger partial charge in [-0.2, -0.15) is 0 Å². The molecule has 1 atom stereocenters. The highest BCUT2D eigenvalue weighted by Gasteiger charge is 2.16. The van der Waals surface area contributed by atoms with Crippen molar-refractivity contribution in [3.63, 3.8) is 0 Å². The monoisotopic (exact) mass is 292 g/mol. The average molecular weight is 292 g/mol. The third kappa shape index (κ3) is 7.46. The van der Waals surface area contributed by atoms with E-state index in [1.54, 1.807) is 0 Å². The third-order valence-electron chi connectivity index (χ3n) is 3.19. The van der Waals surface area contributed by atoms with Gasteiger partial charge in [0, 0.05) is 6.54 Å². The molecular formula is C16H24N2O3. The number of carboxylic acids is 1. The lowest BCUT2D eigenvalue weighted by Crippen LogP contribution is -2.43. The number of benzene rings is 1. The number of carbonyl (C=O) groups excluding carboxylic acids is 1. The Kier molecular flexibility index (Phi) is 8.12. The molecule has 1 amide bonds. The normalized spacial score (nSPS) is 11.9. The maximum Gasteiger partial charge on any atom is 0.320 e. The van der Waals surface area contributed by atoms with E-state index >= 15 is 0 Å². The van der Waals surface area contributed by atoms with E-state index in [-0.39, 0.29) is 12.5 Å². The quantitative estimate of drug-likeness (QED) is 0.572. The molecule has 0 spiro atoms. The minimum atomic E-state index is -0.909. The van der Waals surface area contributed by atoms with Crippen LogP contribution in [0.2, 0.25) is 0 Å². The fourth-order valence-corrected chi connectivity index (χ4v) is 2.04. The van der Waals surface area contributed by atoms with Crippen molar-refractivity contribution in [3.05, 3.63) is 35.9 Å². The number of nitrogens with one attached hydrogen (secondary N) is 2. The van der Waals surface area contributed by atoms with Crippen LogP contribution < -0.4 is 10.6 Å². The number of carboxylic acid groups (broad SMARTS) is 1. The third-order valence-corrected chi connectivity index (χ3v) is 3.19. The van der Waals surface area contributed by atoms with Gasteiger partial charge in [0.15, 0.2) is 0 Å². The maximum atomic E-state index is 11.6. The van der Waals surface area contributed by atoms with Gasteiger partial charge < -0.3 is 10.4 Å². The highest BCUT2D eigenvalue weighted by Crippen LogP contribution is 2.01. The SMILES string of the molecule is CCCC(NCC(=O)NCCCc1ccccc1)C(=O)O. The maximum absolute atomic E-state index is 11.6. The van der Waals surface area contributed by atoms with E-state index < -0.39 is 12.0 Å². The van der Waals surface area contributed by atoms with E-state index in [0.717, 1.165) is 19.3 Å². The lowest BCUT2D eigenvalue weighted by molar-refractivity contribution is -0.139. The van der Waals surface area contributed by atoms with Crippen molar-refractivity contribution in [2.24, 2.45) is 0 Å². The zero-order chi connectivity index (χ0) is 15.5. The molecule has 0 aliphatic rings. The van der Waals surface area contributed by atoms with Crippen LogP contribution in [0.4, 0.5) is 0 Å². The van der Waals surface area contributed by atoms with E-state index in [1.165, 1.54) is 5.56 Å². The molecule has 0 aliphatic carbocycles. The fourth-order valence-electron chi connectivity index (χ4n) is 2.04. The summed E-state index contributed by atoms with van der Waals surface area (Å²) in [5, 5.41) is 14.5. The van der Waals surface area contributed by atoms with Crippen LogP contribution in [0.15, 0.2) is 30.3 Å². The molecule has 1 unspecified atom stereocenters. The van der Waals surface area contributed by atoms with E-state index in [9.17, 15) is 9.59 Å². The Morgan fingerprint density at radius 2 is 1.95 bits per heavy atom. The Bertz CT molecular complexity index is 434. The molecule has 0 heterocycles. The smallest absolute Gasteiger partial charge is 0.320 e. The number of amides is 1. The minimum absolute atomic E-state index is 0.0440. The molecule has 0 saturated carbocycles. The number of aliphatic carboxylic acids is 1. The first-order chi connectivity index (χ1) is 10.1. The summed E-state index contributed by atoms with van der Waals surface area (Å²) >= 11 is 0. The molecule has 0 bridgehead atoms. The lowest BCUT2D eigenvalue weighted by Gasteiger charge is -2.13. The fraction of sp³-hybridized carbons (Fsp3) is 0.500. The molecule has 116 valence electrons. The van der Waals surface area contributed by atoms with Gasteiger partial charge in [0.25, 0.3) is 0 Å². The lowest BCUT2D eigenvalue weighted by atomic mass is 10.1. The zero-order valence-electron chi connectivity index (χ0n) is 12.5. The molecule has 21 heavy (non-hydrogen) atoms. The van der Waals surface area contributed by atoms with Crippen LogP contribution in [0.3, 0.4) is 0 Å². The van der Waals surface area contributed by atoms with Crippen molar-refractivity contribution in [3.8, 4) is 0 Å². The van der Waals surface area contributed by atoms with Crippen LogP contribution in [0.25, 0.3) is 0 Å². The summed E-state index contributed by atoms with van der Waals surface area (Å²) in [7, 11) is 0. The Labute approximate surface area is 125 Å². The first-order valence-corrected chi connectivity index (χ1v) is 7.40. The Balaban J connectivity index is 2.15. The molecule has 1 aromatic carbocycles. The molecule has 1 aromatic rings. The van der Waals surface area contributed by atoms with Crippen molar-refractivity contribution < 1.29 is 14.7 Å². The first-order valence-electron chi connectivity index (χ1n) is 7.40. The number of rotatable bonds is 10. The summed E-state index contributed by atoms with van der Waals surface area (Å²) in [6, 6.07) is 9.45. The predicted molar refractivity (Wildman–Crippen MR) is 82.1 cm³/mol. The summed E-state index contributed by atoms with van der Waals surface area (Å²) < 4.78 is 0. The van der Waals surface area contributed by atoms with Gasteiger partial charge in [0.2, 0.25) is 5.91 Å². The van der Waals surface area contributed by atoms with E-state index in [0.29, 0.717) is 13.0 Å². The molecular weight excluding hydrogens is 268 g/mol. The van der Waals surface area contributed by atoms with Crippen molar-refractivity contribution in [2.45, 2.75) is 38.6 Å². The highest BCUT2D eigenvalue weighted by molar-refractivity contribution is 5.79. The van der Waals surface area contributed by atoms with E-state index in [4.69, 9.17) is 5.11 Å². The molecule has 5 heteroatoms. The summed E-state index contributed by atoms with van der Waals surface area (Å²) in [6.07, 6.45) is 3.08. The minimum Gasteiger partial charge on any atom is -0.480 e. The Hall–Kier alpha value is -1.88. The molecule has 0 saturated heterocycles. The van der Waals surface area contributed by atoms with Crippen molar-refractivity contribution in [1.82, 2.24) is 10.6 Å². The van der Waals surface area contributed by atoms with Gasteiger partial charge in [-0.15, -0.1) is 0 Å². The number of aryl methyl sites for hydroxylation is 1. The van der Waals surface area contributed by atoms with Crippen LogP contribution >= 0.6 is 0 Å². The van der Waals surface area contributed by atoms with Gasteiger partial charge in [-0.05, 0) is 24.8 Å². The molecule has 3 N–H and O–H groups in total. The molecule has 0 fully saturated rings. The zero-order valence-corrected chi connectivity index (χ0v) is 12.5. The average Bonchev–Trinajstić information content (AvgIpc) is 2.48. The van der Waals surface area contributed by atoms with Crippen LogP contribution in [-0.2, 0) is 16.0 Å². The first kappa shape index (κ1) is 17.2. The number of hydrogen-bond acceptors (Lipinski definition) is 3. The Morgan fingerprint density at radius 3 is 2.57 bits per heavy atom. The largest absolute Gasteiger partial charge is 0.480 e. The number of carbonyl (C=O) groups is 2. The van der Waals surface area contributed by atoms with E-state index in [2.05, 4.69) is 22.8 Å². The van der Waals surface area contributed by atoms with Crippen LogP contribution in [-0.4, -0.2) is 36.1 Å². The van der Waals surface area contributed by atoms with Crippen molar-refractivity contribution >= 4 is 11.9 Å². The molecule has 0 radical (unpaired) electrons. The molecule has 5 nitrogen and oxygen atoms in total. The standard InChI is InChI=1S/C16H24N2O3/c1-2-7-14(16(20)21)18-12-15(19)17-11-6-10-13-8-4-3-5-9-13/h3-5,8-9,14,18H,2,6-7,10-12H2,1H3,(H,17,19)(H,20,21). The predicted octanol–water partition coefficient (Wildman–Crippen LogP) is 1.58. The summed E-state index contributed by atoms with van der Waals surface area (Å²) in [5.74, 6) is -1.07. The van der Waals surface area contributed by atoms with Crippen molar-refractivity contribution in [1.29, 1.82) is 0 Å². The second-order valence-corrected chi connectivity index (χ2v) is 5.00. The Morgan fingerprint density at radius 1 is 1.24 bits per heavy atom. The van der Waals surface area contributed by atoms with Gasteiger partial charge in [-0.1, -0.05) is 43.7 Å². The second-order valence-electron chi connectivity index (χ2n) is 5.00. The van der Waals surface area contributed by atoms with E-state index in [1.807, 2.05) is 25.1 Å². The number of hydrogen-bond donors (Lipinski definition) is 3.